The lowest BCUT2D eigenvalue weighted by Gasteiger charge is -2.16. The number of imidazole rings is 1. The van der Waals surface area contributed by atoms with E-state index in [1.54, 1.807) is 47.0 Å². The summed E-state index contributed by atoms with van der Waals surface area (Å²) in [5.41, 5.74) is 2.42. The Labute approximate surface area is 149 Å². The number of carbonyl (C=O) groups is 3. The summed E-state index contributed by atoms with van der Waals surface area (Å²) in [6, 6.07) is 13.7. The minimum atomic E-state index is -0.431. The van der Waals surface area contributed by atoms with Crippen LogP contribution in [0.3, 0.4) is 0 Å². The lowest BCUT2D eigenvalue weighted by molar-refractivity contribution is 0.0600. The first-order valence-corrected chi connectivity index (χ1v) is 8.01. The molecule has 0 radical (unpaired) electrons. The lowest BCUT2D eigenvalue weighted by Crippen LogP contribution is -2.23. The fourth-order valence-electron chi connectivity index (χ4n) is 3.15. The Morgan fingerprint density at radius 2 is 1.77 bits per heavy atom. The number of fused-ring (bicyclic) bond motifs is 2. The number of carbonyl (C=O) groups excluding carboxylic acids is 3. The summed E-state index contributed by atoms with van der Waals surface area (Å²) in [4.78, 5) is 41.3. The first kappa shape index (κ1) is 16.0. The first-order valence-electron chi connectivity index (χ1n) is 8.01. The van der Waals surface area contributed by atoms with Crippen LogP contribution in [0.1, 0.15) is 48.0 Å². The molecule has 1 aliphatic rings. The van der Waals surface area contributed by atoms with Crippen molar-refractivity contribution in [3.05, 3.63) is 88.5 Å². The Morgan fingerprint density at radius 3 is 2.50 bits per heavy atom. The number of benzene rings is 2. The second kappa shape index (κ2) is 6.07. The van der Waals surface area contributed by atoms with Gasteiger partial charge in [-0.3, -0.25) is 9.59 Å². The number of nitrogens with zero attached hydrogens (tertiary/aromatic N) is 2. The predicted molar refractivity (Wildman–Crippen MR) is 92.4 cm³/mol. The van der Waals surface area contributed by atoms with Crippen molar-refractivity contribution in [1.29, 1.82) is 0 Å². The third-order valence-electron chi connectivity index (χ3n) is 4.39. The van der Waals surface area contributed by atoms with Crippen molar-refractivity contribution >= 4 is 17.5 Å². The quantitative estimate of drug-likeness (QED) is 0.533. The molecule has 0 fully saturated rings. The normalized spacial score (nSPS) is 12.5. The van der Waals surface area contributed by atoms with Crippen LogP contribution in [0.4, 0.5) is 0 Å². The van der Waals surface area contributed by atoms with Crippen LogP contribution in [-0.2, 0) is 11.3 Å². The van der Waals surface area contributed by atoms with Gasteiger partial charge in [0.25, 0.3) is 0 Å². The molecule has 3 aromatic rings. The van der Waals surface area contributed by atoms with Crippen molar-refractivity contribution in [1.82, 2.24) is 9.55 Å². The third kappa shape index (κ3) is 2.43. The molecule has 0 N–H and O–H groups in total. The van der Waals surface area contributed by atoms with E-state index >= 15 is 0 Å². The highest BCUT2D eigenvalue weighted by Crippen LogP contribution is 2.26. The van der Waals surface area contributed by atoms with Crippen LogP contribution >= 0.6 is 0 Å². The molecule has 0 aliphatic heterocycles. The maximum atomic E-state index is 12.9. The van der Waals surface area contributed by atoms with E-state index in [1.807, 2.05) is 6.07 Å². The van der Waals surface area contributed by atoms with Gasteiger partial charge < -0.3 is 9.30 Å². The number of hydrogen-bond donors (Lipinski definition) is 0. The molecule has 2 aromatic carbocycles. The van der Waals surface area contributed by atoms with Crippen LogP contribution in [0.5, 0.6) is 0 Å². The second-order valence-electron chi connectivity index (χ2n) is 5.97. The molecule has 1 aromatic heterocycles. The van der Waals surface area contributed by atoms with Crippen molar-refractivity contribution < 1.29 is 19.1 Å². The molecule has 0 saturated heterocycles. The molecular formula is C20H14N2O4. The minimum absolute atomic E-state index is 0.165. The van der Waals surface area contributed by atoms with Gasteiger partial charge in [0.15, 0.2) is 0 Å². The second-order valence-corrected chi connectivity index (χ2v) is 5.97. The average molecular weight is 346 g/mol. The monoisotopic (exact) mass is 346 g/mol. The summed E-state index contributed by atoms with van der Waals surface area (Å²) >= 11 is 0. The average Bonchev–Trinajstić information content (AvgIpc) is 3.09. The van der Waals surface area contributed by atoms with Gasteiger partial charge in [-0.15, -0.1) is 0 Å². The van der Waals surface area contributed by atoms with Crippen LogP contribution in [0, 0.1) is 0 Å². The standard InChI is InChI=1S/C20H14N2O4/c1-26-20(25)13-6-4-5-12(9-13)10-22-11-21-16-17(22)19(24)15-8-3-2-7-14(15)18(16)23/h2-9,11H,10H2,1H3. The Bertz CT molecular complexity index is 1070. The molecule has 4 rings (SSSR count). The van der Waals surface area contributed by atoms with Gasteiger partial charge in [0.05, 0.1) is 19.0 Å². The Morgan fingerprint density at radius 1 is 1.04 bits per heavy atom. The smallest absolute Gasteiger partial charge is 0.337 e. The van der Waals surface area contributed by atoms with Crippen LogP contribution in [0.25, 0.3) is 0 Å². The van der Waals surface area contributed by atoms with Gasteiger partial charge >= 0.3 is 5.97 Å². The number of ketones is 2. The molecule has 1 aliphatic carbocycles. The van der Waals surface area contributed by atoms with Crippen molar-refractivity contribution in [2.24, 2.45) is 0 Å². The Hall–Kier alpha value is -3.54. The van der Waals surface area contributed by atoms with Crippen molar-refractivity contribution in [2.75, 3.05) is 7.11 Å². The Kier molecular flexibility index (Phi) is 3.73. The third-order valence-corrected chi connectivity index (χ3v) is 4.39. The highest BCUT2D eigenvalue weighted by Gasteiger charge is 2.33. The number of rotatable bonds is 3. The van der Waals surface area contributed by atoms with Gasteiger partial charge in [-0.2, -0.15) is 0 Å². The molecule has 0 atom stereocenters. The van der Waals surface area contributed by atoms with Crippen LogP contribution in [0.2, 0.25) is 0 Å². The van der Waals surface area contributed by atoms with Crippen LogP contribution < -0.4 is 0 Å². The first-order chi connectivity index (χ1) is 12.6. The molecule has 6 nitrogen and oxygen atoms in total. The molecule has 26 heavy (non-hydrogen) atoms. The summed E-state index contributed by atoms with van der Waals surface area (Å²) in [7, 11) is 1.32. The highest BCUT2D eigenvalue weighted by atomic mass is 16.5. The molecule has 0 amide bonds. The fourth-order valence-corrected chi connectivity index (χ4v) is 3.15. The summed E-state index contributed by atoms with van der Waals surface area (Å²) < 4.78 is 6.37. The highest BCUT2D eigenvalue weighted by molar-refractivity contribution is 6.27. The molecule has 1 heterocycles. The zero-order valence-electron chi connectivity index (χ0n) is 13.9. The van der Waals surface area contributed by atoms with Crippen molar-refractivity contribution in [3.63, 3.8) is 0 Å². The van der Waals surface area contributed by atoms with E-state index in [9.17, 15) is 14.4 Å². The Balaban J connectivity index is 1.73. The lowest BCUT2D eigenvalue weighted by atomic mass is 9.90. The van der Waals surface area contributed by atoms with Gasteiger partial charge in [-0.25, -0.2) is 9.78 Å². The van der Waals surface area contributed by atoms with Crippen molar-refractivity contribution in [2.45, 2.75) is 6.54 Å². The SMILES string of the molecule is COC(=O)c1cccc(Cn2cnc3c2C(=O)c2ccccc2C3=O)c1. The minimum Gasteiger partial charge on any atom is -0.465 e. The summed E-state index contributed by atoms with van der Waals surface area (Å²) in [6.07, 6.45) is 1.48. The number of aromatic nitrogens is 2. The fraction of sp³-hybridized carbons (Fsp3) is 0.100. The molecular weight excluding hydrogens is 332 g/mol. The van der Waals surface area contributed by atoms with Gasteiger partial charge in [0, 0.05) is 17.7 Å². The van der Waals surface area contributed by atoms with E-state index in [2.05, 4.69) is 4.98 Å². The maximum absolute atomic E-state index is 12.9. The van der Waals surface area contributed by atoms with Gasteiger partial charge in [0.1, 0.15) is 11.4 Å². The number of hydrogen-bond acceptors (Lipinski definition) is 5. The van der Waals surface area contributed by atoms with E-state index in [0.29, 0.717) is 23.2 Å². The van der Waals surface area contributed by atoms with Gasteiger partial charge in [0.2, 0.25) is 11.6 Å². The number of ether oxygens (including phenoxy) is 1. The van der Waals surface area contributed by atoms with E-state index in [-0.39, 0.29) is 23.0 Å². The molecule has 0 bridgehead atoms. The van der Waals surface area contributed by atoms with Gasteiger partial charge in [-0.05, 0) is 17.7 Å². The van der Waals surface area contributed by atoms with Gasteiger partial charge in [-0.1, -0.05) is 36.4 Å². The molecule has 6 heteroatoms. The van der Waals surface area contributed by atoms with Crippen molar-refractivity contribution in [3.8, 4) is 0 Å². The van der Waals surface area contributed by atoms with E-state index in [1.165, 1.54) is 13.4 Å². The van der Waals surface area contributed by atoms with Crippen LogP contribution in [-0.4, -0.2) is 34.2 Å². The van der Waals surface area contributed by atoms with Crippen LogP contribution in [0.15, 0.2) is 54.9 Å². The zero-order valence-corrected chi connectivity index (χ0v) is 13.9. The topological polar surface area (TPSA) is 78.3 Å². The maximum Gasteiger partial charge on any atom is 0.337 e. The summed E-state index contributed by atoms with van der Waals surface area (Å²) in [5, 5.41) is 0. The molecule has 128 valence electrons. The van der Waals surface area contributed by atoms with E-state index in [4.69, 9.17) is 4.74 Å². The van der Waals surface area contributed by atoms with E-state index < -0.39 is 5.97 Å². The number of methoxy groups -OCH3 is 1. The predicted octanol–water partition coefficient (Wildman–Crippen LogP) is 2.49. The molecule has 0 saturated carbocycles. The zero-order chi connectivity index (χ0) is 18.3. The molecule has 0 unspecified atom stereocenters. The number of esters is 1. The van der Waals surface area contributed by atoms with E-state index in [0.717, 1.165) is 5.56 Å². The largest absolute Gasteiger partial charge is 0.465 e. The molecule has 0 spiro atoms. The summed E-state index contributed by atoms with van der Waals surface area (Å²) in [6.45, 7) is 0.314. The summed E-state index contributed by atoms with van der Waals surface area (Å²) in [5.74, 6) is -0.909.